The van der Waals surface area contributed by atoms with Gasteiger partial charge in [-0.2, -0.15) is 0 Å². The first-order chi connectivity index (χ1) is 4.77. The Morgan fingerprint density at radius 2 is 1.67 bits per heavy atom. The fraction of sp³-hybridized carbons (Fsp3) is 0.556. The van der Waals surface area contributed by atoms with Crippen molar-refractivity contribution in [2.24, 2.45) is 0 Å². The Morgan fingerprint density at radius 1 is 1.17 bits per heavy atom. The molecule has 1 rings (SSSR count). The second kappa shape index (κ2) is 7.36. The molecular weight excluding hydrogens is 270 g/mol. The van der Waals surface area contributed by atoms with Gasteiger partial charge in [0.25, 0.3) is 0 Å². The first-order valence-corrected chi connectivity index (χ1v) is 5.12. The summed E-state index contributed by atoms with van der Waals surface area (Å²) in [5.74, 6) is 0. The quantitative estimate of drug-likeness (QED) is 0.518. The molecule has 0 fully saturated rings. The first kappa shape index (κ1) is 15.4. The number of rotatable bonds is 3. The maximum absolute atomic E-state index is 2.33. The van der Waals surface area contributed by atoms with Gasteiger partial charge in [-0.3, -0.25) is 0 Å². The van der Waals surface area contributed by atoms with Crippen LogP contribution >= 0.6 is 0 Å². The Morgan fingerprint density at radius 3 is 2.08 bits per heavy atom. The smallest absolute Gasteiger partial charge is 1.00 e. The zero-order valence-electron chi connectivity index (χ0n) is 7.19. The van der Waals surface area contributed by atoms with Crippen molar-refractivity contribution in [3.63, 3.8) is 0 Å². The summed E-state index contributed by atoms with van der Waals surface area (Å²) in [5.41, 5.74) is 0. The molecule has 1 aliphatic rings. The Balaban J connectivity index is 0. The van der Waals surface area contributed by atoms with Crippen LogP contribution in [0.2, 0.25) is 3.12 Å². The fourth-order valence-corrected chi connectivity index (χ4v) is 2.05. The van der Waals surface area contributed by atoms with E-state index in [4.69, 9.17) is 0 Å². The Labute approximate surface area is 103 Å². The monoisotopic (exact) mass is 281 g/mol. The van der Waals surface area contributed by atoms with E-state index in [1.165, 1.54) is 19.3 Å². The average molecular weight is 283 g/mol. The molecule has 0 aromatic heterocycles. The van der Waals surface area contributed by atoms with Gasteiger partial charge in [-0.15, -0.1) is 0 Å². The van der Waals surface area contributed by atoms with Gasteiger partial charge in [0, 0.05) is 0 Å². The van der Waals surface area contributed by atoms with Crippen molar-refractivity contribution < 1.29 is 49.5 Å². The van der Waals surface area contributed by atoms with E-state index in [1.807, 2.05) is 0 Å². The molecule has 3 heteroatoms. The van der Waals surface area contributed by atoms with Crippen molar-refractivity contribution in [3.05, 3.63) is 24.3 Å². The molecule has 0 heterocycles. The van der Waals surface area contributed by atoms with Crippen LogP contribution in [0.15, 0.2) is 24.3 Å². The summed E-state index contributed by atoms with van der Waals surface area (Å²) in [5, 5.41) is 0. The molecule has 0 aromatic carbocycles. The second-order valence-electron chi connectivity index (χ2n) is 2.86. The van der Waals surface area contributed by atoms with Gasteiger partial charge < -0.3 is 24.8 Å². The number of hydrogen-bond donors (Lipinski definition) is 0. The maximum atomic E-state index is 2.33. The molecule has 0 amide bonds. The SMILES string of the molecule is CCCC[C]1([Zr+2])C=CC=C1.[Cl-].[Cl-]. The standard InChI is InChI=1S/C9H13.2ClH.Zr/c1-2-3-6-9-7-4-5-8-9;;;/h4-5,7-8H,2-3,6H2,1H3;2*1H;/q;;;+2/p-2. The van der Waals surface area contributed by atoms with Gasteiger partial charge in [-0.25, -0.2) is 0 Å². The van der Waals surface area contributed by atoms with Crippen molar-refractivity contribution >= 4 is 0 Å². The summed E-state index contributed by atoms with van der Waals surface area (Å²) in [7, 11) is 0. The molecule has 0 saturated heterocycles. The zero-order chi connectivity index (χ0) is 7.45. The van der Waals surface area contributed by atoms with Crippen LogP contribution in [0, 0.1) is 0 Å². The Kier molecular flexibility index (Phi) is 9.45. The molecule has 1 aliphatic carbocycles. The van der Waals surface area contributed by atoms with Crippen molar-refractivity contribution in [1.82, 2.24) is 0 Å². The number of halogens is 2. The molecule has 0 unspecified atom stereocenters. The molecule has 0 bridgehead atoms. The van der Waals surface area contributed by atoms with Crippen LogP contribution in [0.3, 0.4) is 0 Å². The first-order valence-electron chi connectivity index (χ1n) is 3.89. The van der Waals surface area contributed by atoms with Crippen LogP contribution in [0.1, 0.15) is 26.2 Å². The summed E-state index contributed by atoms with van der Waals surface area (Å²) in [6.07, 6.45) is 13.0. The van der Waals surface area contributed by atoms with E-state index in [2.05, 4.69) is 31.2 Å². The number of unbranched alkanes of at least 4 members (excludes halogenated alkanes) is 1. The van der Waals surface area contributed by atoms with E-state index in [0.29, 0.717) is 3.12 Å². The van der Waals surface area contributed by atoms with Crippen LogP contribution in [0.4, 0.5) is 0 Å². The minimum atomic E-state index is 0. The van der Waals surface area contributed by atoms with Gasteiger partial charge in [0.1, 0.15) is 0 Å². The third-order valence-electron chi connectivity index (χ3n) is 1.84. The summed E-state index contributed by atoms with van der Waals surface area (Å²) < 4.78 is 0.475. The van der Waals surface area contributed by atoms with Crippen LogP contribution in [-0.4, -0.2) is 0 Å². The molecular formula is C9H13Cl2Zr. The molecule has 12 heavy (non-hydrogen) atoms. The summed E-state index contributed by atoms with van der Waals surface area (Å²) in [6, 6.07) is 0. The van der Waals surface area contributed by atoms with E-state index in [0.717, 1.165) is 0 Å². The van der Waals surface area contributed by atoms with Crippen LogP contribution in [0.25, 0.3) is 0 Å². The molecule has 0 saturated carbocycles. The summed E-state index contributed by atoms with van der Waals surface area (Å²) >= 11 is 1.63. The number of hydrogen-bond acceptors (Lipinski definition) is 0. The molecule has 0 atom stereocenters. The van der Waals surface area contributed by atoms with E-state index < -0.39 is 0 Å². The molecule has 67 valence electrons. The second-order valence-corrected chi connectivity index (χ2v) is 5.15. The Bertz CT molecular complexity index is 152. The minimum Gasteiger partial charge on any atom is -1.00 e. The molecule has 0 spiro atoms. The van der Waals surface area contributed by atoms with Crippen molar-refractivity contribution in [3.8, 4) is 0 Å². The molecule has 0 radical (unpaired) electrons. The average Bonchev–Trinajstić information content (AvgIpc) is 2.33. The zero-order valence-corrected chi connectivity index (χ0v) is 11.2. The molecule has 0 nitrogen and oxygen atoms in total. The third kappa shape index (κ3) is 4.85. The van der Waals surface area contributed by atoms with Gasteiger partial charge in [0.2, 0.25) is 0 Å². The molecule has 0 aromatic rings. The van der Waals surface area contributed by atoms with E-state index in [1.54, 1.807) is 24.7 Å². The Hall–Kier alpha value is 0.943. The predicted molar refractivity (Wildman–Crippen MR) is 40.5 cm³/mol. The van der Waals surface area contributed by atoms with E-state index in [-0.39, 0.29) is 24.8 Å². The van der Waals surface area contributed by atoms with Crippen LogP contribution in [-0.2, 0) is 24.7 Å². The van der Waals surface area contributed by atoms with Crippen molar-refractivity contribution in [2.75, 3.05) is 0 Å². The summed E-state index contributed by atoms with van der Waals surface area (Å²) in [4.78, 5) is 0. The van der Waals surface area contributed by atoms with E-state index >= 15 is 0 Å². The van der Waals surface area contributed by atoms with Gasteiger partial charge >= 0.3 is 78.3 Å². The summed E-state index contributed by atoms with van der Waals surface area (Å²) in [6.45, 7) is 2.25. The molecule has 0 aliphatic heterocycles. The third-order valence-corrected chi connectivity index (χ3v) is 3.28. The largest absolute Gasteiger partial charge is 1.00 e. The fourth-order valence-electron chi connectivity index (χ4n) is 1.15. The van der Waals surface area contributed by atoms with Crippen LogP contribution < -0.4 is 24.8 Å². The normalized spacial score (nSPS) is 16.9. The number of allylic oxidation sites excluding steroid dienone is 4. The van der Waals surface area contributed by atoms with Crippen LogP contribution in [0.5, 0.6) is 0 Å². The van der Waals surface area contributed by atoms with Gasteiger partial charge in [0.15, 0.2) is 0 Å². The minimum absolute atomic E-state index is 0. The molecule has 0 N–H and O–H groups in total. The van der Waals surface area contributed by atoms with Crippen molar-refractivity contribution in [1.29, 1.82) is 0 Å². The topological polar surface area (TPSA) is 0 Å². The maximum Gasteiger partial charge on any atom is -1.00 e. The van der Waals surface area contributed by atoms with Gasteiger partial charge in [-0.1, -0.05) is 0 Å². The van der Waals surface area contributed by atoms with Gasteiger partial charge in [0.05, 0.1) is 0 Å². The predicted octanol–water partition coefficient (Wildman–Crippen LogP) is -2.98. The van der Waals surface area contributed by atoms with Crippen molar-refractivity contribution in [2.45, 2.75) is 29.3 Å². The van der Waals surface area contributed by atoms with Gasteiger partial charge in [-0.05, 0) is 0 Å². The van der Waals surface area contributed by atoms with E-state index in [9.17, 15) is 0 Å².